The zero-order valence-electron chi connectivity index (χ0n) is 14.1. The fourth-order valence-electron chi connectivity index (χ4n) is 2.44. The largest absolute Gasteiger partial charge is 0.347 e. The van der Waals surface area contributed by atoms with Crippen LogP contribution in [0.2, 0.25) is 0 Å². The molecule has 2 amide bonds. The third-order valence-corrected chi connectivity index (χ3v) is 3.83. The molecule has 1 N–H and O–H groups in total. The molecule has 0 saturated heterocycles. The van der Waals surface area contributed by atoms with Crippen LogP contribution in [0.5, 0.6) is 0 Å². The average Bonchev–Trinajstić information content (AvgIpc) is 2.54. The number of hydrogen-bond acceptors (Lipinski definition) is 2. The van der Waals surface area contributed by atoms with Crippen molar-refractivity contribution in [2.45, 2.75) is 19.4 Å². The Kier molecular flexibility index (Phi) is 6.22. The second-order valence-electron chi connectivity index (χ2n) is 5.88. The lowest BCUT2D eigenvalue weighted by Crippen LogP contribution is -2.39. The predicted octanol–water partition coefficient (Wildman–Crippen LogP) is 2.84. The minimum Gasteiger partial charge on any atom is -0.347 e. The highest BCUT2D eigenvalue weighted by Gasteiger charge is 2.18. The average molecular weight is 346 g/mol. The molecule has 0 saturated carbocycles. The number of rotatable bonds is 6. The van der Waals surface area contributed by atoms with Gasteiger partial charge in [-0.15, -0.1) is 0 Å². The van der Waals surface area contributed by atoms with Gasteiger partial charge in [0.15, 0.2) is 0 Å². The number of amides is 2. The van der Waals surface area contributed by atoms with Gasteiger partial charge < -0.3 is 10.2 Å². The molecule has 4 nitrogen and oxygen atoms in total. The van der Waals surface area contributed by atoms with Crippen molar-refractivity contribution in [3.63, 3.8) is 0 Å². The first-order chi connectivity index (χ1) is 11.8. The SMILES string of the molecule is CC(=O)N(C)CC(=O)N[C@@H](Cc1cccc(F)c1)c1cccc(F)c1. The summed E-state index contributed by atoms with van der Waals surface area (Å²) >= 11 is 0. The van der Waals surface area contributed by atoms with Crippen LogP contribution in [0.1, 0.15) is 24.1 Å². The number of carbonyl (C=O) groups excluding carboxylic acids is 2. The van der Waals surface area contributed by atoms with Crippen LogP contribution < -0.4 is 5.32 Å². The molecule has 0 aliphatic rings. The Balaban J connectivity index is 2.20. The highest BCUT2D eigenvalue weighted by molar-refractivity contribution is 5.83. The van der Waals surface area contributed by atoms with Crippen LogP contribution in [0.4, 0.5) is 8.78 Å². The van der Waals surface area contributed by atoms with E-state index < -0.39 is 11.9 Å². The summed E-state index contributed by atoms with van der Waals surface area (Å²) in [6.45, 7) is 1.26. The van der Waals surface area contributed by atoms with Crippen LogP contribution in [0, 0.1) is 11.6 Å². The second-order valence-corrected chi connectivity index (χ2v) is 5.88. The molecule has 2 aromatic rings. The first-order valence-corrected chi connectivity index (χ1v) is 7.86. The molecule has 2 aromatic carbocycles. The van der Waals surface area contributed by atoms with Gasteiger partial charge in [0.25, 0.3) is 0 Å². The van der Waals surface area contributed by atoms with Gasteiger partial charge in [0.2, 0.25) is 11.8 Å². The molecule has 2 rings (SSSR count). The van der Waals surface area contributed by atoms with Crippen molar-refractivity contribution in [3.05, 3.63) is 71.3 Å². The molecule has 0 radical (unpaired) electrons. The number of nitrogens with one attached hydrogen (secondary N) is 1. The fraction of sp³-hybridized carbons (Fsp3) is 0.263. The first-order valence-electron chi connectivity index (χ1n) is 7.86. The third-order valence-electron chi connectivity index (χ3n) is 3.83. The van der Waals surface area contributed by atoms with E-state index in [0.717, 1.165) is 0 Å². The van der Waals surface area contributed by atoms with E-state index in [1.54, 1.807) is 24.3 Å². The monoisotopic (exact) mass is 346 g/mol. The van der Waals surface area contributed by atoms with E-state index in [9.17, 15) is 18.4 Å². The molecule has 0 unspecified atom stereocenters. The maximum Gasteiger partial charge on any atom is 0.240 e. The molecular formula is C19H20F2N2O2. The Morgan fingerprint density at radius 2 is 1.72 bits per heavy atom. The van der Waals surface area contributed by atoms with E-state index in [0.29, 0.717) is 17.5 Å². The van der Waals surface area contributed by atoms with Gasteiger partial charge in [0.05, 0.1) is 12.6 Å². The molecule has 0 aliphatic carbocycles. The Morgan fingerprint density at radius 1 is 1.08 bits per heavy atom. The smallest absolute Gasteiger partial charge is 0.240 e. The van der Waals surface area contributed by atoms with E-state index >= 15 is 0 Å². The van der Waals surface area contributed by atoms with Crippen LogP contribution in [0.15, 0.2) is 48.5 Å². The first kappa shape index (κ1) is 18.6. The summed E-state index contributed by atoms with van der Waals surface area (Å²) in [6, 6.07) is 11.4. The van der Waals surface area contributed by atoms with E-state index in [1.807, 2.05) is 0 Å². The van der Waals surface area contributed by atoms with Crippen LogP contribution in [-0.2, 0) is 16.0 Å². The van der Waals surface area contributed by atoms with E-state index in [1.165, 1.54) is 43.1 Å². The van der Waals surface area contributed by atoms with Crippen LogP contribution in [0.3, 0.4) is 0 Å². The molecule has 0 heterocycles. The van der Waals surface area contributed by atoms with Crippen LogP contribution in [0.25, 0.3) is 0 Å². The Labute approximate surface area is 145 Å². The lowest BCUT2D eigenvalue weighted by molar-refractivity contribution is -0.133. The Hall–Kier alpha value is -2.76. The van der Waals surface area contributed by atoms with E-state index in [-0.39, 0.29) is 24.2 Å². The summed E-state index contributed by atoms with van der Waals surface area (Å²) in [5.74, 6) is -1.40. The number of nitrogens with zero attached hydrogens (tertiary/aromatic N) is 1. The highest BCUT2D eigenvalue weighted by atomic mass is 19.1. The quantitative estimate of drug-likeness (QED) is 0.874. The summed E-state index contributed by atoms with van der Waals surface area (Å²) in [5, 5.41) is 2.79. The molecule has 0 aliphatic heterocycles. The Morgan fingerprint density at radius 3 is 2.32 bits per heavy atom. The van der Waals surface area contributed by atoms with Crippen molar-refractivity contribution in [1.29, 1.82) is 0 Å². The number of halogens is 2. The Bertz CT molecular complexity index is 765. The predicted molar refractivity (Wildman–Crippen MR) is 90.7 cm³/mol. The van der Waals surface area contributed by atoms with E-state index in [2.05, 4.69) is 5.32 Å². The molecule has 0 spiro atoms. The third kappa shape index (κ3) is 5.67. The van der Waals surface area contributed by atoms with Gasteiger partial charge in [-0.3, -0.25) is 9.59 Å². The molecule has 0 bridgehead atoms. The molecule has 25 heavy (non-hydrogen) atoms. The number of benzene rings is 2. The maximum atomic E-state index is 13.6. The van der Waals surface area contributed by atoms with Gasteiger partial charge in [-0.1, -0.05) is 24.3 Å². The molecule has 0 aromatic heterocycles. The molecule has 132 valence electrons. The summed E-state index contributed by atoms with van der Waals surface area (Å²) in [4.78, 5) is 24.8. The second kappa shape index (κ2) is 8.37. The maximum absolute atomic E-state index is 13.6. The van der Waals surface area contributed by atoms with Crippen molar-refractivity contribution < 1.29 is 18.4 Å². The number of hydrogen-bond donors (Lipinski definition) is 1. The van der Waals surface area contributed by atoms with Gasteiger partial charge in [-0.05, 0) is 41.8 Å². The lowest BCUT2D eigenvalue weighted by Gasteiger charge is -2.22. The van der Waals surface area contributed by atoms with Crippen molar-refractivity contribution >= 4 is 11.8 Å². The van der Waals surface area contributed by atoms with Gasteiger partial charge in [0.1, 0.15) is 11.6 Å². The molecule has 6 heteroatoms. The number of carbonyl (C=O) groups is 2. The van der Waals surface area contributed by atoms with Crippen LogP contribution >= 0.6 is 0 Å². The summed E-state index contributed by atoms with van der Waals surface area (Å²) in [7, 11) is 1.52. The van der Waals surface area contributed by atoms with E-state index in [4.69, 9.17) is 0 Å². The van der Waals surface area contributed by atoms with Crippen LogP contribution in [-0.4, -0.2) is 30.3 Å². The minimum absolute atomic E-state index is 0.107. The van der Waals surface area contributed by atoms with Gasteiger partial charge in [-0.2, -0.15) is 0 Å². The normalized spacial score (nSPS) is 11.7. The summed E-state index contributed by atoms with van der Waals surface area (Å²) < 4.78 is 27.0. The molecule has 1 atom stereocenters. The fourth-order valence-corrected chi connectivity index (χ4v) is 2.44. The molecule has 0 fully saturated rings. The highest BCUT2D eigenvalue weighted by Crippen LogP contribution is 2.20. The minimum atomic E-state index is -0.537. The summed E-state index contributed by atoms with van der Waals surface area (Å²) in [5.41, 5.74) is 1.25. The zero-order chi connectivity index (χ0) is 18.4. The topological polar surface area (TPSA) is 49.4 Å². The zero-order valence-corrected chi connectivity index (χ0v) is 14.1. The standard InChI is InChI=1S/C19H20F2N2O2/c1-13(24)23(2)12-19(25)22-18(15-6-4-8-17(21)11-15)10-14-5-3-7-16(20)9-14/h3-9,11,18H,10,12H2,1-2H3,(H,22,25)/t18-/m0/s1. The number of likely N-dealkylation sites (N-methyl/N-ethyl adjacent to an activating group) is 1. The molecular weight excluding hydrogens is 326 g/mol. The van der Waals surface area contributed by atoms with Gasteiger partial charge in [0, 0.05) is 14.0 Å². The van der Waals surface area contributed by atoms with Crippen molar-refractivity contribution in [2.24, 2.45) is 0 Å². The summed E-state index contributed by atoms with van der Waals surface area (Å²) in [6.07, 6.45) is 0.302. The van der Waals surface area contributed by atoms with Crippen molar-refractivity contribution in [3.8, 4) is 0 Å². The van der Waals surface area contributed by atoms with Gasteiger partial charge in [-0.25, -0.2) is 8.78 Å². The van der Waals surface area contributed by atoms with Gasteiger partial charge >= 0.3 is 0 Å². The lowest BCUT2D eigenvalue weighted by atomic mass is 9.98. The van der Waals surface area contributed by atoms with Crippen molar-refractivity contribution in [1.82, 2.24) is 10.2 Å². The van der Waals surface area contributed by atoms with Crippen molar-refractivity contribution in [2.75, 3.05) is 13.6 Å².